The Labute approximate surface area is 188 Å². The summed E-state index contributed by atoms with van der Waals surface area (Å²) in [6, 6.07) is 21.7. The van der Waals surface area contributed by atoms with Gasteiger partial charge in [0.1, 0.15) is 16.2 Å². The molecule has 160 valence electrons. The molecule has 8 heteroatoms. The molecule has 0 unspecified atom stereocenters. The second kappa shape index (κ2) is 8.39. The van der Waals surface area contributed by atoms with Crippen LogP contribution in [0.15, 0.2) is 82.0 Å². The summed E-state index contributed by atoms with van der Waals surface area (Å²) in [6.07, 6.45) is 0.496. The van der Waals surface area contributed by atoms with E-state index in [1.54, 1.807) is 11.9 Å². The normalized spacial score (nSPS) is 15.7. The Hall–Kier alpha value is -3.78. The van der Waals surface area contributed by atoms with Gasteiger partial charge >= 0.3 is 0 Å². The zero-order valence-corrected chi connectivity index (χ0v) is 18.2. The Morgan fingerprint density at radius 2 is 1.84 bits per heavy atom. The van der Waals surface area contributed by atoms with Gasteiger partial charge in [-0.15, -0.1) is 11.3 Å². The van der Waals surface area contributed by atoms with Crippen LogP contribution in [-0.2, 0) is 11.3 Å². The number of hydrogen-bond acceptors (Lipinski definition) is 6. The van der Waals surface area contributed by atoms with Crippen molar-refractivity contribution in [3.8, 4) is 0 Å². The van der Waals surface area contributed by atoms with E-state index in [2.05, 4.69) is 22.1 Å². The summed E-state index contributed by atoms with van der Waals surface area (Å²) in [4.78, 5) is 34.3. The summed E-state index contributed by atoms with van der Waals surface area (Å²) in [5.41, 5.74) is 2.97. The van der Waals surface area contributed by atoms with Gasteiger partial charge < -0.3 is 9.88 Å². The molecule has 0 fully saturated rings. The number of amides is 1. The maximum atomic E-state index is 13.3. The monoisotopic (exact) mass is 443 g/mol. The molecule has 2 aromatic heterocycles. The molecular weight excluding hydrogens is 422 g/mol. The summed E-state index contributed by atoms with van der Waals surface area (Å²) in [7, 11) is 1.70. The van der Waals surface area contributed by atoms with Crippen molar-refractivity contribution in [2.75, 3.05) is 12.1 Å². The number of nitrogens with zero attached hydrogens (tertiary/aromatic N) is 4. The van der Waals surface area contributed by atoms with Gasteiger partial charge in [-0.1, -0.05) is 48.5 Å². The Kier molecular flexibility index (Phi) is 5.28. The van der Waals surface area contributed by atoms with Crippen LogP contribution >= 0.6 is 11.3 Å². The van der Waals surface area contributed by atoms with Crippen molar-refractivity contribution in [3.05, 3.63) is 93.9 Å². The number of hydrazone groups is 1. The van der Waals surface area contributed by atoms with Gasteiger partial charge in [-0.3, -0.25) is 14.6 Å². The molecule has 7 nitrogen and oxygen atoms in total. The van der Waals surface area contributed by atoms with Gasteiger partial charge in [0.05, 0.1) is 23.8 Å². The van der Waals surface area contributed by atoms with E-state index in [0.717, 1.165) is 11.3 Å². The van der Waals surface area contributed by atoms with Gasteiger partial charge in [-0.2, -0.15) is 5.10 Å². The lowest BCUT2D eigenvalue weighted by atomic mass is 10.0. The molecule has 0 radical (unpaired) electrons. The maximum absolute atomic E-state index is 13.3. The summed E-state index contributed by atoms with van der Waals surface area (Å²) in [5, 5.41) is 8.45. The Morgan fingerprint density at radius 3 is 2.59 bits per heavy atom. The van der Waals surface area contributed by atoms with Crippen LogP contribution in [0.4, 0.5) is 5.69 Å². The summed E-state index contributed by atoms with van der Waals surface area (Å²) < 4.78 is 0.590. The van der Waals surface area contributed by atoms with E-state index < -0.39 is 0 Å². The zero-order valence-electron chi connectivity index (χ0n) is 17.4. The van der Waals surface area contributed by atoms with E-state index in [4.69, 9.17) is 5.10 Å². The third kappa shape index (κ3) is 3.80. The molecule has 4 aromatic rings. The number of hydrogen-bond donors (Lipinski definition) is 1. The number of carbonyl (C=O) groups excluding carboxylic acids is 1. The summed E-state index contributed by atoms with van der Waals surface area (Å²) in [6.45, 7) is 0.195. The minimum absolute atomic E-state index is 0.0639. The number of para-hydroxylation sites is 1. The number of fused-ring (bicyclic) bond motifs is 1. The number of nitrogens with one attached hydrogen (secondary N) is 1. The maximum Gasteiger partial charge on any atom is 0.270 e. The van der Waals surface area contributed by atoms with Crippen LogP contribution in [0.5, 0.6) is 0 Å². The standard InChI is InChI=1S/C24H21N5O2S/c1-28(15-21-25-18-12-13-32-22(18)23(30)26-21)24(31)19-14-20(16-8-4-2-5-9-16)29(27-19)17-10-6-3-7-11-17/h2-13,20H,14-15H2,1H3,(H,25,26,30)/t20-/m0/s1. The molecule has 0 spiro atoms. The lowest BCUT2D eigenvalue weighted by molar-refractivity contribution is -0.123. The average Bonchev–Trinajstić information content (AvgIpc) is 3.47. The van der Waals surface area contributed by atoms with Crippen LogP contribution in [0, 0.1) is 0 Å². The third-order valence-corrected chi connectivity index (χ3v) is 6.36. The van der Waals surface area contributed by atoms with Crippen molar-refractivity contribution in [2.45, 2.75) is 19.0 Å². The second-order valence-corrected chi connectivity index (χ2v) is 8.58. The predicted octanol–water partition coefficient (Wildman–Crippen LogP) is 3.95. The van der Waals surface area contributed by atoms with Crippen LogP contribution in [0.3, 0.4) is 0 Å². The van der Waals surface area contributed by atoms with Crippen molar-refractivity contribution in [1.82, 2.24) is 14.9 Å². The molecule has 32 heavy (non-hydrogen) atoms. The third-order valence-electron chi connectivity index (χ3n) is 5.46. The van der Waals surface area contributed by atoms with Gasteiger partial charge in [0, 0.05) is 13.5 Å². The van der Waals surface area contributed by atoms with E-state index in [0.29, 0.717) is 28.2 Å². The first-order valence-corrected chi connectivity index (χ1v) is 11.2. The summed E-state index contributed by atoms with van der Waals surface area (Å²) in [5.74, 6) is 0.271. The van der Waals surface area contributed by atoms with Gasteiger partial charge in [-0.25, -0.2) is 4.98 Å². The van der Waals surface area contributed by atoms with Crippen molar-refractivity contribution in [1.29, 1.82) is 0 Å². The summed E-state index contributed by atoms with van der Waals surface area (Å²) >= 11 is 1.35. The molecular formula is C24H21N5O2S. The predicted molar refractivity (Wildman–Crippen MR) is 127 cm³/mol. The molecule has 1 N–H and O–H groups in total. The Morgan fingerprint density at radius 1 is 1.12 bits per heavy atom. The molecule has 0 bridgehead atoms. The van der Waals surface area contributed by atoms with E-state index in [9.17, 15) is 9.59 Å². The Balaban J connectivity index is 1.41. The number of aromatic amines is 1. The number of anilines is 1. The van der Waals surface area contributed by atoms with E-state index in [1.165, 1.54) is 11.3 Å². The van der Waals surface area contributed by atoms with E-state index in [-0.39, 0.29) is 24.1 Å². The van der Waals surface area contributed by atoms with Gasteiger partial charge in [0.2, 0.25) is 0 Å². The second-order valence-electron chi connectivity index (χ2n) is 7.67. The fraction of sp³-hybridized carbons (Fsp3) is 0.167. The number of thiophene rings is 1. The van der Waals surface area contributed by atoms with E-state index in [1.807, 2.05) is 65.0 Å². The van der Waals surface area contributed by atoms with Gasteiger partial charge in [0.15, 0.2) is 0 Å². The molecule has 2 aromatic carbocycles. The largest absolute Gasteiger partial charge is 0.333 e. The van der Waals surface area contributed by atoms with Crippen molar-refractivity contribution >= 4 is 38.9 Å². The average molecular weight is 444 g/mol. The fourth-order valence-corrected chi connectivity index (χ4v) is 4.63. The highest BCUT2D eigenvalue weighted by Crippen LogP contribution is 2.35. The molecule has 5 rings (SSSR count). The van der Waals surface area contributed by atoms with Crippen molar-refractivity contribution in [3.63, 3.8) is 0 Å². The molecule has 0 saturated carbocycles. The van der Waals surface area contributed by atoms with Crippen LogP contribution in [-0.4, -0.2) is 33.5 Å². The molecule has 3 heterocycles. The molecule has 1 aliphatic heterocycles. The number of aromatic nitrogens is 2. The molecule has 1 atom stereocenters. The first-order valence-electron chi connectivity index (χ1n) is 10.3. The number of rotatable bonds is 5. The molecule has 0 aliphatic carbocycles. The first-order chi connectivity index (χ1) is 15.6. The highest BCUT2D eigenvalue weighted by atomic mass is 32.1. The van der Waals surface area contributed by atoms with Crippen molar-refractivity contribution in [2.24, 2.45) is 5.10 Å². The fourth-order valence-electron chi connectivity index (χ4n) is 3.91. The molecule has 1 aliphatic rings. The Bertz CT molecular complexity index is 1350. The number of carbonyl (C=O) groups is 1. The van der Waals surface area contributed by atoms with Crippen LogP contribution < -0.4 is 10.6 Å². The van der Waals surface area contributed by atoms with Gasteiger partial charge in [0.25, 0.3) is 11.5 Å². The van der Waals surface area contributed by atoms with E-state index >= 15 is 0 Å². The molecule has 1 amide bonds. The lowest BCUT2D eigenvalue weighted by Gasteiger charge is -2.23. The minimum Gasteiger partial charge on any atom is -0.333 e. The highest BCUT2D eigenvalue weighted by Gasteiger charge is 2.33. The van der Waals surface area contributed by atoms with Crippen molar-refractivity contribution < 1.29 is 4.79 Å². The van der Waals surface area contributed by atoms with Gasteiger partial charge in [-0.05, 0) is 29.1 Å². The minimum atomic E-state index is -0.183. The van der Waals surface area contributed by atoms with Crippen LogP contribution in [0.2, 0.25) is 0 Å². The topological polar surface area (TPSA) is 81.7 Å². The number of benzene rings is 2. The first kappa shape index (κ1) is 20.1. The van der Waals surface area contributed by atoms with Crippen LogP contribution in [0.25, 0.3) is 10.2 Å². The van der Waals surface area contributed by atoms with Crippen LogP contribution in [0.1, 0.15) is 23.9 Å². The quantitative estimate of drug-likeness (QED) is 0.506. The SMILES string of the molecule is CN(Cc1nc2ccsc2c(=O)[nH]1)C(=O)C1=NN(c2ccccc2)[C@H](c2ccccc2)C1. The number of H-pyrrole nitrogens is 1. The highest BCUT2D eigenvalue weighted by molar-refractivity contribution is 7.17. The lowest BCUT2D eigenvalue weighted by Crippen LogP contribution is -2.33. The zero-order chi connectivity index (χ0) is 22.1. The molecule has 0 saturated heterocycles. The smallest absolute Gasteiger partial charge is 0.270 e.